The van der Waals surface area contributed by atoms with Gasteiger partial charge in [-0.05, 0) is 18.1 Å². The number of anilines is 1. The van der Waals surface area contributed by atoms with Crippen molar-refractivity contribution in [3.8, 4) is 0 Å². The number of nitrogen functional groups attached to an aromatic ring is 1. The van der Waals surface area contributed by atoms with Crippen LogP contribution in [0.25, 0.3) is 4.85 Å². The monoisotopic (exact) mass is 146 g/mol. The summed E-state index contributed by atoms with van der Waals surface area (Å²) in [6.45, 7) is 8.80. The highest BCUT2D eigenvalue weighted by Crippen LogP contribution is 2.19. The number of rotatable bonds is 1. The molecule has 1 rings (SSSR count). The average molecular weight is 146 g/mol. The van der Waals surface area contributed by atoms with Crippen molar-refractivity contribution in [3.05, 3.63) is 35.2 Å². The van der Waals surface area contributed by atoms with Gasteiger partial charge in [-0.15, -0.1) is 0 Å². The molecule has 2 N–H and O–H groups in total. The molecule has 0 aliphatic carbocycles. The van der Waals surface area contributed by atoms with Crippen molar-refractivity contribution in [2.75, 3.05) is 5.73 Å². The summed E-state index contributed by atoms with van der Waals surface area (Å²) >= 11 is 0. The molecule has 0 aliphatic heterocycles. The van der Waals surface area contributed by atoms with Crippen molar-refractivity contribution in [1.82, 2.24) is 0 Å². The molecule has 0 saturated heterocycles. The predicted octanol–water partition coefficient (Wildman–Crippen LogP) is 2.38. The summed E-state index contributed by atoms with van der Waals surface area (Å²) in [5, 5.41) is 0. The first-order chi connectivity index (χ1) is 5.27. The third-order valence-electron chi connectivity index (χ3n) is 1.64. The van der Waals surface area contributed by atoms with Crippen LogP contribution in [0, 0.1) is 6.57 Å². The topological polar surface area (TPSA) is 30.4 Å². The fourth-order valence-electron chi connectivity index (χ4n) is 0.968. The van der Waals surface area contributed by atoms with Crippen LogP contribution in [-0.2, 0) is 6.42 Å². The normalized spacial score (nSPS) is 9.09. The van der Waals surface area contributed by atoms with Crippen LogP contribution in [0.15, 0.2) is 18.2 Å². The van der Waals surface area contributed by atoms with Gasteiger partial charge < -0.3 is 5.73 Å². The molecule has 0 amide bonds. The first-order valence-corrected chi connectivity index (χ1v) is 3.53. The molecule has 0 saturated carbocycles. The molecule has 0 aromatic heterocycles. The van der Waals surface area contributed by atoms with Crippen LogP contribution < -0.4 is 5.73 Å². The maximum Gasteiger partial charge on any atom is 0.187 e. The molecule has 1 aromatic rings. The molecule has 2 nitrogen and oxygen atoms in total. The minimum Gasteiger partial charge on any atom is -0.399 e. The van der Waals surface area contributed by atoms with Gasteiger partial charge in [0.2, 0.25) is 0 Å². The number of nitrogens with two attached hydrogens (primary N) is 1. The van der Waals surface area contributed by atoms with Crippen molar-refractivity contribution in [1.29, 1.82) is 0 Å². The van der Waals surface area contributed by atoms with E-state index >= 15 is 0 Å². The summed E-state index contributed by atoms with van der Waals surface area (Å²) in [4.78, 5) is 3.31. The lowest BCUT2D eigenvalue weighted by molar-refractivity contribution is 1.15. The number of nitrogens with zero attached hydrogens (tertiary/aromatic N) is 1. The summed E-state index contributed by atoms with van der Waals surface area (Å²) < 4.78 is 0. The van der Waals surface area contributed by atoms with Crippen molar-refractivity contribution < 1.29 is 0 Å². The van der Waals surface area contributed by atoms with Crippen molar-refractivity contribution in [2.24, 2.45) is 0 Å². The second-order valence-corrected chi connectivity index (χ2v) is 2.35. The molecule has 11 heavy (non-hydrogen) atoms. The van der Waals surface area contributed by atoms with Crippen molar-refractivity contribution >= 4 is 11.4 Å². The van der Waals surface area contributed by atoms with Gasteiger partial charge in [0, 0.05) is 5.69 Å². The molecule has 0 fully saturated rings. The molecular formula is C9H10N2. The van der Waals surface area contributed by atoms with E-state index in [1.165, 1.54) is 0 Å². The Kier molecular flexibility index (Phi) is 2.12. The zero-order valence-electron chi connectivity index (χ0n) is 6.46. The third kappa shape index (κ3) is 1.50. The number of hydrogen-bond acceptors (Lipinski definition) is 1. The molecule has 1 aromatic carbocycles. The van der Waals surface area contributed by atoms with Crippen molar-refractivity contribution in [2.45, 2.75) is 13.3 Å². The predicted molar refractivity (Wildman–Crippen MR) is 46.5 cm³/mol. The van der Waals surface area contributed by atoms with Crippen LogP contribution in [0.5, 0.6) is 0 Å². The second kappa shape index (κ2) is 3.07. The Hall–Kier alpha value is -1.49. The first kappa shape index (κ1) is 7.62. The summed E-state index contributed by atoms with van der Waals surface area (Å²) in [6, 6.07) is 5.36. The quantitative estimate of drug-likeness (QED) is 0.478. The van der Waals surface area contributed by atoms with E-state index in [2.05, 4.69) is 4.85 Å². The van der Waals surface area contributed by atoms with E-state index in [1.54, 1.807) is 12.1 Å². The fourth-order valence-corrected chi connectivity index (χ4v) is 0.968. The van der Waals surface area contributed by atoms with Crippen LogP contribution in [0.3, 0.4) is 0 Å². The lowest BCUT2D eigenvalue weighted by atomic mass is 10.1. The number of aryl methyl sites for hydroxylation is 1. The molecule has 0 radical (unpaired) electrons. The van der Waals surface area contributed by atoms with Gasteiger partial charge in [0.05, 0.1) is 6.57 Å². The van der Waals surface area contributed by atoms with Gasteiger partial charge in [-0.3, -0.25) is 0 Å². The Bertz CT molecular complexity index is 297. The van der Waals surface area contributed by atoms with Gasteiger partial charge in [-0.2, -0.15) is 0 Å². The molecule has 0 atom stereocenters. The maximum absolute atomic E-state index is 6.77. The SMILES string of the molecule is [C-]#[N+]c1ccc(N)c(CC)c1. The highest BCUT2D eigenvalue weighted by molar-refractivity contribution is 5.57. The van der Waals surface area contributed by atoms with Crippen LogP contribution in [-0.4, -0.2) is 0 Å². The van der Waals surface area contributed by atoms with Gasteiger partial charge in [0.1, 0.15) is 0 Å². The van der Waals surface area contributed by atoms with Crippen LogP contribution in [0.2, 0.25) is 0 Å². The van der Waals surface area contributed by atoms with E-state index in [0.29, 0.717) is 5.69 Å². The van der Waals surface area contributed by atoms with Gasteiger partial charge in [0.25, 0.3) is 0 Å². The highest BCUT2D eigenvalue weighted by Gasteiger charge is 1.96. The second-order valence-electron chi connectivity index (χ2n) is 2.35. The zero-order chi connectivity index (χ0) is 8.27. The lowest BCUT2D eigenvalue weighted by Gasteiger charge is -2.01. The minimum atomic E-state index is 0.663. The van der Waals surface area contributed by atoms with E-state index in [-0.39, 0.29) is 0 Å². The molecule has 0 spiro atoms. The molecular weight excluding hydrogens is 136 g/mol. The Morgan fingerprint density at radius 2 is 2.27 bits per heavy atom. The smallest absolute Gasteiger partial charge is 0.187 e. The summed E-state index contributed by atoms with van der Waals surface area (Å²) in [7, 11) is 0. The van der Waals surface area contributed by atoms with Gasteiger partial charge in [0.15, 0.2) is 5.69 Å². The van der Waals surface area contributed by atoms with E-state index < -0.39 is 0 Å². The van der Waals surface area contributed by atoms with Crippen LogP contribution in [0.4, 0.5) is 11.4 Å². The number of hydrogen-bond donors (Lipinski definition) is 1. The first-order valence-electron chi connectivity index (χ1n) is 3.53. The Balaban J connectivity index is 3.15. The fraction of sp³-hybridized carbons (Fsp3) is 0.222. The van der Waals surface area contributed by atoms with E-state index in [1.807, 2.05) is 13.0 Å². The standard InChI is InChI=1S/C9H10N2/c1-3-7-6-8(11-2)4-5-9(7)10/h4-6H,3,10H2,1H3. The van der Waals surface area contributed by atoms with Crippen molar-refractivity contribution in [3.63, 3.8) is 0 Å². The van der Waals surface area contributed by atoms with Gasteiger partial charge >= 0.3 is 0 Å². The van der Waals surface area contributed by atoms with Crippen LogP contribution >= 0.6 is 0 Å². The largest absolute Gasteiger partial charge is 0.399 e. The molecule has 0 bridgehead atoms. The highest BCUT2D eigenvalue weighted by atomic mass is 14.6. The molecule has 0 unspecified atom stereocenters. The maximum atomic E-state index is 6.77. The molecule has 2 heteroatoms. The summed E-state index contributed by atoms with van der Waals surface area (Å²) in [5.41, 5.74) is 8.15. The minimum absolute atomic E-state index is 0.663. The Labute approximate surface area is 66.5 Å². The van der Waals surface area contributed by atoms with E-state index in [0.717, 1.165) is 17.7 Å². The van der Waals surface area contributed by atoms with Gasteiger partial charge in [-0.25, -0.2) is 4.85 Å². The van der Waals surface area contributed by atoms with Gasteiger partial charge in [-0.1, -0.05) is 19.1 Å². The lowest BCUT2D eigenvalue weighted by Crippen LogP contribution is -1.90. The molecule has 0 aliphatic rings. The molecule has 56 valence electrons. The van der Waals surface area contributed by atoms with E-state index in [4.69, 9.17) is 12.3 Å². The Morgan fingerprint density at radius 3 is 2.82 bits per heavy atom. The average Bonchev–Trinajstić information content (AvgIpc) is 2.05. The summed E-state index contributed by atoms with van der Waals surface area (Å²) in [5.74, 6) is 0. The third-order valence-corrected chi connectivity index (χ3v) is 1.64. The zero-order valence-corrected chi connectivity index (χ0v) is 6.46. The van der Waals surface area contributed by atoms with E-state index in [9.17, 15) is 0 Å². The van der Waals surface area contributed by atoms with Crippen LogP contribution in [0.1, 0.15) is 12.5 Å². The Morgan fingerprint density at radius 1 is 1.55 bits per heavy atom. The molecule has 0 heterocycles. The summed E-state index contributed by atoms with van der Waals surface area (Å²) in [6.07, 6.45) is 0.884. The number of benzene rings is 1.